The van der Waals surface area contributed by atoms with Gasteiger partial charge in [-0.2, -0.15) is 0 Å². The summed E-state index contributed by atoms with van der Waals surface area (Å²) in [4.78, 5) is 11.8. The fourth-order valence-electron chi connectivity index (χ4n) is 2.79. The molecule has 0 fully saturated rings. The van der Waals surface area contributed by atoms with Crippen LogP contribution < -0.4 is 10.9 Å². The summed E-state index contributed by atoms with van der Waals surface area (Å²) < 4.78 is 31.7. The molecule has 1 aromatic heterocycles. The molecular weight excluding hydrogens is 324 g/mol. The molecule has 0 aliphatic rings. The number of benzene rings is 2. The van der Waals surface area contributed by atoms with E-state index >= 15 is 0 Å². The van der Waals surface area contributed by atoms with E-state index in [1.807, 2.05) is 32.9 Å². The average Bonchev–Trinajstić information content (AvgIpc) is 2.56. The number of rotatable bonds is 4. The van der Waals surface area contributed by atoms with Crippen molar-refractivity contribution in [2.45, 2.75) is 33.4 Å². The Morgan fingerprint density at radius 2 is 1.76 bits per heavy atom. The van der Waals surface area contributed by atoms with E-state index in [9.17, 15) is 13.6 Å². The third-order valence-corrected chi connectivity index (χ3v) is 4.49. The second kappa shape index (κ2) is 6.76. The Kier molecular flexibility index (Phi) is 4.68. The standard InChI is InChI=1S/C20H19F2NO2/c1-11-6-16-15(9-20(24)25-19(16)7-12(11)2)10-23-13(3)14-4-5-17(21)18(22)8-14/h4-9,13,23H,10H2,1-3H3/t13-/m0/s1. The summed E-state index contributed by atoms with van der Waals surface area (Å²) in [6.07, 6.45) is 0. The quantitative estimate of drug-likeness (QED) is 0.707. The van der Waals surface area contributed by atoms with Gasteiger partial charge in [0.1, 0.15) is 5.58 Å². The predicted octanol–water partition coefficient (Wildman–Crippen LogP) is 4.54. The van der Waals surface area contributed by atoms with E-state index in [-0.39, 0.29) is 6.04 Å². The molecule has 130 valence electrons. The molecule has 0 spiro atoms. The van der Waals surface area contributed by atoms with Gasteiger partial charge < -0.3 is 9.73 Å². The van der Waals surface area contributed by atoms with Crippen LogP contribution >= 0.6 is 0 Å². The van der Waals surface area contributed by atoms with Crippen molar-refractivity contribution < 1.29 is 13.2 Å². The molecule has 3 rings (SSSR count). The molecule has 1 heterocycles. The molecule has 1 atom stereocenters. The van der Waals surface area contributed by atoms with Gasteiger partial charge in [0.25, 0.3) is 0 Å². The molecule has 0 unspecified atom stereocenters. The third-order valence-electron chi connectivity index (χ3n) is 4.49. The number of halogens is 2. The first-order valence-corrected chi connectivity index (χ1v) is 8.07. The summed E-state index contributed by atoms with van der Waals surface area (Å²) in [5.74, 6) is -1.74. The Morgan fingerprint density at radius 1 is 1.04 bits per heavy atom. The van der Waals surface area contributed by atoms with Crippen molar-refractivity contribution in [1.29, 1.82) is 0 Å². The molecule has 0 amide bonds. The van der Waals surface area contributed by atoms with Gasteiger partial charge in [-0.05, 0) is 67.3 Å². The normalized spacial score (nSPS) is 12.5. The second-order valence-corrected chi connectivity index (χ2v) is 6.30. The molecule has 0 saturated heterocycles. The Hall–Kier alpha value is -2.53. The Balaban J connectivity index is 1.88. The van der Waals surface area contributed by atoms with E-state index in [4.69, 9.17) is 4.42 Å². The van der Waals surface area contributed by atoms with Crippen molar-refractivity contribution in [2.75, 3.05) is 0 Å². The molecule has 0 saturated carbocycles. The lowest BCUT2D eigenvalue weighted by Crippen LogP contribution is -2.19. The highest BCUT2D eigenvalue weighted by Gasteiger charge is 2.12. The van der Waals surface area contributed by atoms with Crippen LogP contribution in [0.2, 0.25) is 0 Å². The molecule has 3 nitrogen and oxygen atoms in total. The lowest BCUT2D eigenvalue weighted by molar-refractivity contribution is 0.500. The fourth-order valence-corrected chi connectivity index (χ4v) is 2.79. The van der Waals surface area contributed by atoms with Crippen LogP contribution in [0.5, 0.6) is 0 Å². The number of fused-ring (bicyclic) bond motifs is 1. The maximum absolute atomic E-state index is 13.4. The zero-order valence-corrected chi connectivity index (χ0v) is 14.3. The van der Waals surface area contributed by atoms with E-state index in [1.165, 1.54) is 12.1 Å². The van der Waals surface area contributed by atoms with Crippen molar-refractivity contribution in [3.05, 3.63) is 80.7 Å². The minimum Gasteiger partial charge on any atom is -0.423 e. The zero-order chi connectivity index (χ0) is 18.1. The molecule has 0 aliphatic heterocycles. The molecule has 5 heteroatoms. The predicted molar refractivity (Wildman–Crippen MR) is 93.6 cm³/mol. The number of aryl methyl sites for hydroxylation is 2. The number of hydrogen-bond donors (Lipinski definition) is 1. The van der Waals surface area contributed by atoms with Gasteiger partial charge in [0, 0.05) is 24.0 Å². The molecule has 1 N–H and O–H groups in total. The maximum atomic E-state index is 13.4. The fraction of sp³-hybridized carbons (Fsp3) is 0.250. The second-order valence-electron chi connectivity index (χ2n) is 6.30. The van der Waals surface area contributed by atoms with Gasteiger partial charge in [0.2, 0.25) is 0 Å². The molecule has 0 bridgehead atoms. The Bertz CT molecular complexity index is 995. The van der Waals surface area contributed by atoms with Crippen molar-refractivity contribution in [3.63, 3.8) is 0 Å². The van der Waals surface area contributed by atoms with Crippen LogP contribution in [-0.4, -0.2) is 0 Å². The topological polar surface area (TPSA) is 42.2 Å². The van der Waals surface area contributed by atoms with Gasteiger partial charge >= 0.3 is 5.63 Å². The van der Waals surface area contributed by atoms with Gasteiger partial charge in [-0.15, -0.1) is 0 Å². The van der Waals surface area contributed by atoms with Gasteiger partial charge in [-0.1, -0.05) is 6.07 Å². The van der Waals surface area contributed by atoms with Crippen molar-refractivity contribution in [2.24, 2.45) is 0 Å². The first-order chi connectivity index (χ1) is 11.8. The van der Waals surface area contributed by atoms with Gasteiger partial charge in [0.05, 0.1) is 0 Å². The van der Waals surface area contributed by atoms with Gasteiger partial charge in [0.15, 0.2) is 11.6 Å². The average molecular weight is 343 g/mol. The van der Waals surface area contributed by atoms with Crippen molar-refractivity contribution in [1.82, 2.24) is 5.32 Å². The van der Waals surface area contributed by atoms with Crippen LogP contribution in [0.15, 0.2) is 45.6 Å². The summed E-state index contributed by atoms with van der Waals surface area (Å²) in [5.41, 5.74) is 3.75. The monoisotopic (exact) mass is 343 g/mol. The zero-order valence-electron chi connectivity index (χ0n) is 14.3. The minimum absolute atomic E-state index is 0.205. The lowest BCUT2D eigenvalue weighted by Gasteiger charge is -2.15. The summed E-state index contributed by atoms with van der Waals surface area (Å²) in [6.45, 7) is 6.23. The van der Waals surface area contributed by atoms with Crippen LogP contribution in [0, 0.1) is 25.5 Å². The van der Waals surface area contributed by atoms with Gasteiger partial charge in [-0.3, -0.25) is 0 Å². The largest absolute Gasteiger partial charge is 0.423 e. The summed E-state index contributed by atoms with van der Waals surface area (Å²) in [5, 5.41) is 4.11. The van der Waals surface area contributed by atoms with Crippen molar-refractivity contribution >= 4 is 11.0 Å². The minimum atomic E-state index is -0.872. The van der Waals surface area contributed by atoms with Crippen LogP contribution in [0.4, 0.5) is 8.78 Å². The Morgan fingerprint density at radius 3 is 2.48 bits per heavy atom. The van der Waals surface area contributed by atoms with E-state index in [0.717, 1.165) is 28.1 Å². The molecule has 0 radical (unpaired) electrons. The SMILES string of the molecule is Cc1cc2oc(=O)cc(CN[C@@H](C)c3ccc(F)c(F)c3)c2cc1C. The van der Waals surface area contributed by atoms with Crippen LogP contribution in [0.1, 0.15) is 35.2 Å². The highest BCUT2D eigenvalue weighted by Crippen LogP contribution is 2.23. The van der Waals surface area contributed by atoms with Crippen LogP contribution in [0.3, 0.4) is 0 Å². The van der Waals surface area contributed by atoms with Crippen LogP contribution in [-0.2, 0) is 6.54 Å². The summed E-state index contributed by atoms with van der Waals surface area (Å²) >= 11 is 0. The molecule has 3 aromatic rings. The summed E-state index contributed by atoms with van der Waals surface area (Å²) in [6, 6.07) is 8.94. The van der Waals surface area contributed by atoms with E-state index < -0.39 is 17.3 Å². The number of nitrogens with one attached hydrogen (secondary N) is 1. The smallest absolute Gasteiger partial charge is 0.336 e. The number of hydrogen-bond acceptors (Lipinski definition) is 3. The first kappa shape index (κ1) is 17.3. The van der Waals surface area contributed by atoms with Crippen LogP contribution in [0.25, 0.3) is 11.0 Å². The van der Waals surface area contributed by atoms with E-state index in [1.54, 1.807) is 6.07 Å². The molecule has 0 aliphatic carbocycles. The molecular formula is C20H19F2NO2. The molecule has 25 heavy (non-hydrogen) atoms. The van der Waals surface area contributed by atoms with E-state index in [0.29, 0.717) is 17.7 Å². The van der Waals surface area contributed by atoms with Gasteiger partial charge in [-0.25, -0.2) is 13.6 Å². The first-order valence-electron chi connectivity index (χ1n) is 8.07. The Labute approximate surface area is 144 Å². The van der Waals surface area contributed by atoms with E-state index in [2.05, 4.69) is 5.32 Å². The van der Waals surface area contributed by atoms with Crippen molar-refractivity contribution in [3.8, 4) is 0 Å². The summed E-state index contributed by atoms with van der Waals surface area (Å²) in [7, 11) is 0. The molecule has 2 aromatic carbocycles. The highest BCUT2D eigenvalue weighted by molar-refractivity contribution is 5.81. The highest BCUT2D eigenvalue weighted by atomic mass is 19.2. The third kappa shape index (κ3) is 3.61. The maximum Gasteiger partial charge on any atom is 0.336 e. The lowest BCUT2D eigenvalue weighted by atomic mass is 10.0.